The van der Waals surface area contributed by atoms with Crippen LogP contribution in [0.3, 0.4) is 0 Å². The maximum atomic E-state index is 12.1. The second kappa shape index (κ2) is 13.2. The van der Waals surface area contributed by atoms with Crippen LogP contribution in [0.5, 0.6) is 0 Å². The number of carbonyl (C=O) groups is 2. The van der Waals surface area contributed by atoms with Crippen LogP contribution in [0, 0.1) is 0 Å². The Kier molecular flexibility index (Phi) is 13.8. The van der Waals surface area contributed by atoms with Crippen LogP contribution in [0.15, 0.2) is 0 Å². The molecule has 0 heterocycles. The second-order valence-electron chi connectivity index (χ2n) is 7.00. The zero-order valence-electron chi connectivity index (χ0n) is 17.3. The zero-order chi connectivity index (χ0) is 20.9. The Morgan fingerprint density at radius 2 is 1.62 bits per heavy atom. The van der Waals surface area contributed by atoms with E-state index in [1.165, 1.54) is 0 Å². The minimum absolute atomic E-state index is 0.161. The Morgan fingerprint density at radius 1 is 1.15 bits per heavy atom. The summed E-state index contributed by atoms with van der Waals surface area (Å²) in [5.41, 5.74) is -0.401. The number of rotatable bonds is 12. The molecule has 0 aromatic carbocycles. The van der Waals surface area contributed by atoms with Crippen LogP contribution in [-0.4, -0.2) is 79.8 Å². The minimum Gasteiger partial charge on any atom is -0.662 e. The van der Waals surface area contributed by atoms with Crippen molar-refractivity contribution in [2.24, 2.45) is 0 Å². The van der Waals surface area contributed by atoms with Gasteiger partial charge in [0.15, 0.2) is 6.54 Å². The highest BCUT2D eigenvalue weighted by Crippen LogP contribution is 2.17. The van der Waals surface area contributed by atoms with Crippen LogP contribution >= 0.6 is 0 Å². The Hall–Kier alpha value is -1.04. The third-order valence-corrected chi connectivity index (χ3v) is 6.85. The van der Waals surface area contributed by atoms with Crippen molar-refractivity contribution in [2.75, 3.05) is 48.5 Å². The maximum Gasteiger partial charge on any atom is 0.500 e. The Balaban J connectivity index is 0. The number of likely N-dealkylation sites (N-methyl/N-ethyl adjacent to an activating group) is 1. The van der Waals surface area contributed by atoms with Crippen molar-refractivity contribution in [1.82, 2.24) is 0 Å². The fourth-order valence-corrected chi connectivity index (χ4v) is 3.82. The lowest BCUT2D eigenvalue weighted by Crippen LogP contribution is -2.48. The molecule has 0 fully saturated rings. The van der Waals surface area contributed by atoms with Gasteiger partial charge in [0, 0.05) is 33.8 Å². The topological polar surface area (TPSA) is 103 Å². The predicted octanol–water partition coefficient (Wildman–Crippen LogP) is 0.498. The van der Waals surface area contributed by atoms with Gasteiger partial charge >= 0.3 is 14.8 Å². The summed E-state index contributed by atoms with van der Waals surface area (Å²) in [6.07, 6.45) is 1.66. The number of nitrogens with zero attached hydrogens (tertiary/aromatic N) is 1. The predicted molar refractivity (Wildman–Crippen MR) is 95.7 cm³/mol. The van der Waals surface area contributed by atoms with E-state index in [9.17, 15) is 4.79 Å². The number of hydrogen-bond donors (Lipinski definition) is 0. The average Bonchev–Trinajstić information content (AvgIpc) is 2.58. The summed E-state index contributed by atoms with van der Waals surface area (Å²) in [5.74, 6) is -0.161. The van der Waals surface area contributed by atoms with Crippen molar-refractivity contribution in [1.29, 1.82) is 0 Å². The highest BCUT2D eigenvalue weighted by atomic mass is 28.4. The van der Waals surface area contributed by atoms with Gasteiger partial charge in [0.05, 0.1) is 20.6 Å². The molecule has 0 saturated heterocycles. The van der Waals surface area contributed by atoms with E-state index in [0.717, 1.165) is 25.4 Å². The molecular weight excluding hydrogens is 362 g/mol. The molecule has 0 spiro atoms. The van der Waals surface area contributed by atoms with Gasteiger partial charge in [-0.2, -0.15) is 0 Å². The third kappa shape index (κ3) is 12.3. The molecule has 0 atom stereocenters. The fourth-order valence-electron chi connectivity index (χ4n) is 2.12. The van der Waals surface area contributed by atoms with Gasteiger partial charge in [-0.25, -0.2) is 4.79 Å². The largest absolute Gasteiger partial charge is 0.662 e. The molecule has 156 valence electrons. The molecule has 0 aromatic rings. The van der Waals surface area contributed by atoms with E-state index in [-0.39, 0.29) is 12.4 Å². The zero-order valence-corrected chi connectivity index (χ0v) is 18.3. The number of ether oxygens (including phenoxy) is 1. The van der Waals surface area contributed by atoms with Gasteiger partial charge in [-0.3, -0.25) is 4.79 Å². The highest BCUT2D eigenvalue weighted by Gasteiger charge is 2.38. The highest BCUT2D eigenvalue weighted by molar-refractivity contribution is 6.60. The van der Waals surface area contributed by atoms with Gasteiger partial charge in [0.25, 0.3) is 6.47 Å². The minimum atomic E-state index is -2.53. The van der Waals surface area contributed by atoms with E-state index >= 15 is 0 Å². The fraction of sp³-hybridized carbons (Fsp3) is 0.875. The molecule has 0 aliphatic heterocycles. The van der Waals surface area contributed by atoms with Crippen molar-refractivity contribution < 1.29 is 42.2 Å². The van der Waals surface area contributed by atoms with Gasteiger partial charge in [-0.15, -0.1) is 0 Å². The smallest absolute Gasteiger partial charge is 0.500 e. The lowest BCUT2D eigenvalue weighted by atomic mass is 10.1. The molecule has 0 radical (unpaired) electrons. The summed E-state index contributed by atoms with van der Waals surface area (Å²) in [6, 6.07) is 0.730. The summed E-state index contributed by atoms with van der Waals surface area (Å²) >= 11 is 0. The van der Waals surface area contributed by atoms with Crippen LogP contribution in [-0.2, 0) is 32.5 Å². The number of quaternary nitrogens is 1. The van der Waals surface area contributed by atoms with E-state index in [1.54, 1.807) is 21.3 Å². The molecule has 26 heavy (non-hydrogen) atoms. The summed E-state index contributed by atoms with van der Waals surface area (Å²) < 4.78 is 22.3. The van der Waals surface area contributed by atoms with Crippen molar-refractivity contribution in [3.63, 3.8) is 0 Å². The van der Waals surface area contributed by atoms with Crippen LogP contribution in [0.2, 0.25) is 6.04 Å². The van der Waals surface area contributed by atoms with Crippen LogP contribution in [0.4, 0.5) is 0 Å². The first-order chi connectivity index (χ1) is 12.0. The third-order valence-electron chi connectivity index (χ3n) is 4.02. The maximum absolute atomic E-state index is 12.1. The lowest BCUT2D eigenvalue weighted by Gasteiger charge is -2.32. The van der Waals surface area contributed by atoms with E-state index < -0.39 is 14.4 Å². The van der Waals surface area contributed by atoms with Crippen LogP contribution in [0.25, 0.3) is 0 Å². The molecule has 0 bridgehead atoms. The molecule has 0 saturated carbocycles. The first-order valence-electron chi connectivity index (χ1n) is 8.38. The molecule has 9 nitrogen and oxygen atoms in total. The monoisotopic (exact) mass is 397 g/mol. The van der Waals surface area contributed by atoms with E-state index in [1.807, 2.05) is 34.9 Å². The number of carbonyl (C=O) groups excluding carboxylic acids is 2. The molecule has 0 aliphatic carbocycles. The average molecular weight is 398 g/mol. The first kappa shape index (κ1) is 27.2. The summed E-state index contributed by atoms with van der Waals surface area (Å²) in [4.78, 5) is 23.3. The molecule has 0 amide bonds. The SMILES string of the molecule is CCC(C)(C)OC(=O)C[N+](C)(C)CCC[Si](OC)(OC)OC.O=CO[O-]. The summed E-state index contributed by atoms with van der Waals surface area (Å²) in [5, 5.41) is 8.43. The standard InChI is InChI=1S/C15H34NO5Si.CH2O3/c1-9-15(2,3)21-14(17)13-16(4,5)11-10-12-22(18-6,19-7)20-8;2-1-4-3/h9-13H2,1-8H3;1,3H/q+1;/p-1. The molecular formula is C16H35NO8Si. The van der Waals surface area contributed by atoms with Crippen molar-refractivity contribution >= 4 is 21.2 Å². The molecule has 0 unspecified atom stereocenters. The molecule has 0 N–H and O–H groups in total. The Labute approximate surface area is 158 Å². The van der Waals surface area contributed by atoms with E-state index in [4.69, 9.17) is 28.1 Å². The lowest BCUT2D eigenvalue weighted by molar-refractivity contribution is -0.883. The van der Waals surface area contributed by atoms with Crippen molar-refractivity contribution in [3.05, 3.63) is 0 Å². The first-order valence-corrected chi connectivity index (χ1v) is 10.3. The van der Waals surface area contributed by atoms with Crippen molar-refractivity contribution in [2.45, 2.75) is 45.3 Å². The molecule has 0 aromatic heterocycles. The van der Waals surface area contributed by atoms with E-state index in [2.05, 4.69) is 4.89 Å². The number of esters is 1. The quantitative estimate of drug-likeness (QED) is 0.117. The summed E-state index contributed by atoms with van der Waals surface area (Å²) in [7, 11) is 6.36. The van der Waals surface area contributed by atoms with Crippen molar-refractivity contribution in [3.8, 4) is 0 Å². The number of hydrogen-bond acceptors (Lipinski definition) is 8. The Bertz CT molecular complexity index is 391. The van der Waals surface area contributed by atoms with Gasteiger partial charge in [0.1, 0.15) is 5.60 Å². The van der Waals surface area contributed by atoms with Crippen LogP contribution < -0.4 is 5.26 Å². The van der Waals surface area contributed by atoms with E-state index in [0.29, 0.717) is 11.0 Å². The summed E-state index contributed by atoms with van der Waals surface area (Å²) in [6.45, 7) is 6.87. The van der Waals surface area contributed by atoms with Crippen LogP contribution in [0.1, 0.15) is 33.6 Å². The molecule has 0 aliphatic rings. The van der Waals surface area contributed by atoms with Gasteiger partial charge < -0.3 is 32.6 Å². The normalized spacial score (nSPS) is 12.0. The second-order valence-corrected chi connectivity index (χ2v) is 10.1. The van der Waals surface area contributed by atoms with Gasteiger partial charge in [-0.1, -0.05) is 6.92 Å². The molecule has 10 heteroatoms. The molecule has 0 rings (SSSR count). The van der Waals surface area contributed by atoms with Gasteiger partial charge in [0.2, 0.25) is 0 Å². The Morgan fingerprint density at radius 3 is 1.96 bits per heavy atom. The van der Waals surface area contributed by atoms with Gasteiger partial charge in [-0.05, 0) is 20.3 Å².